The van der Waals surface area contributed by atoms with Crippen LogP contribution < -0.4 is 0 Å². The van der Waals surface area contributed by atoms with Crippen molar-refractivity contribution in [3.05, 3.63) is 12.7 Å². The summed E-state index contributed by atoms with van der Waals surface area (Å²) in [7, 11) is 0. The summed E-state index contributed by atoms with van der Waals surface area (Å²) < 4.78 is 5.82. The third-order valence-corrected chi connectivity index (χ3v) is 6.03. The van der Waals surface area contributed by atoms with E-state index in [9.17, 15) is 4.79 Å². The SMILES string of the molecule is C=CC[C@]1(C)C(=O)CC[C@@]23COC[C@H]2CCC[C@H]31. The molecule has 2 aliphatic carbocycles. The first kappa shape index (κ1) is 12.4. The lowest BCUT2D eigenvalue weighted by atomic mass is 9.47. The fraction of sp³-hybridized carbons (Fsp3) is 0.812. The van der Waals surface area contributed by atoms with Gasteiger partial charge in [-0.15, -0.1) is 6.58 Å². The van der Waals surface area contributed by atoms with Gasteiger partial charge in [-0.3, -0.25) is 4.79 Å². The van der Waals surface area contributed by atoms with Crippen LogP contribution in [-0.2, 0) is 9.53 Å². The quantitative estimate of drug-likeness (QED) is 0.700. The minimum atomic E-state index is -0.174. The topological polar surface area (TPSA) is 26.3 Å². The largest absolute Gasteiger partial charge is 0.381 e. The number of Topliss-reactive ketones (excluding diaryl/α,β-unsaturated/α-hetero) is 1. The number of ether oxygens (including phenoxy) is 1. The zero-order chi connectivity index (χ0) is 12.8. The van der Waals surface area contributed by atoms with Gasteiger partial charge in [-0.05, 0) is 37.5 Å². The molecule has 18 heavy (non-hydrogen) atoms. The highest BCUT2D eigenvalue weighted by Crippen LogP contribution is 2.62. The van der Waals surface area contributed by atoms with Gasteiger partial charge in [0, 0.05) is 17.3 Å². The highest BCUT2D eigenvalue weighted by atomic mass is 16.5. The Bertz CT molecular complexity index is 375. The van der Waals surface area contributed by atoms with Crippen LogP contribution in [0, 0.1) is 22.7 Å². The second-order valence-corrected chi connectivity index (χ2v) is 6.76. The van der Waals surface area contributed by atoms with Gasteiger partial charge in [0.25, 0.3) is 0 Å². The van der Waals surface area contributed by atoms with Crippen molar-refractivity contribution in [3.8, 4) is 0 Å². The zero-order valence-corrected chi connectivity index (χ0v) is 11.4. The maximum atomic E-state index is 12.5. The van der Waals surface area contributed by atoms with E-state index in [1.54, 1.807) is 0 Å². The molecule has 0 bridgehead atoms. The molecule has 1 aliphatic heterocycles. The van der Waals surface area contributed by atoms with Crippen LogP contribution in [0.1, 0.15) is 45.4 Å². The highest BCUT2D eigenvalue weighted by molar-refractivity contribution is 5.86. The van der Waals surface area contributed by atoms with E-state index >= 15 is 0 Å². The van der Waals surface area contributed by atoms with Crippen LogP contribution in [0.5, 0.6) is 0 Å². The summed E-state index contributed by atoms with van der Waals surface area (Å²) in [6.07, 6.45) is 8.36. The fourth-order valence-electron chi connectivity index (χ4n) is 5.07. The van der Waals surface area contributed by atoms with E-state index in [1.165, 1.54) is 19.3 Å². The van der Waals surface area contributed by atoms with Gasteiger partial charge in [0.1, 0.15) is 5.78 Å². The van der Waals surface area contributed by atoms with E-state index in [-0.39, 0.29) is 5.41 Å². The van der Waals surface area contributed by atoms with Crippen molar-refractivity contribution in [1.29, 1.82) is 0 Å². The van der Waals surface area contributed by atoms with Crippen LogP contribution >= 0.6 is 0 Å². The fourth-order valence-corrected chi connectivity index (χ4v) is 5.07. The molecule has 0 aromatic carbocycles. The molecule has 2 heteroatoms. The van der Waals surface area contributed by atoms with Crippen molar-refractivity contribution in [1.82, 2.24) is 0 Å². The molecular weight excluding hydrogens is 224 g/mol. The molecule has 3 aliphatic rings. The lowest BCUT2D eigenvalue weighted by Gasteiger charge is -2.55. The summed E-state index contributed by atoms with van der Waals surface area (Å²) in [5.74, 6) is 1.68. The number of allylic oxidation sites excluding steroid dienone is 1. The first-order valence-corrected chi connectivity index (χ1v) is 7.35. The Kier molecular flexibility index (Phi) is 2.89. The van der Waals surface area contributed by atoms with E-state index in [4.69, 9.17) is 4.74 Å². The van der Waals surface area contributed by atoms with Crippen molar-refractivity contribution in [2.24, 2.45) is 22.7 Å². The minimum Gasteiger partial charge on any atom is -0.381 e. The van der Waals surface area contributed by atoms with Crippen molar-refractivity contribution in [2.45, 2.75) is 45.4 Å². The van der Waals surface area contributed by atoms with Crippen molar-refractivity contribution in [3.63, 3.8) is 0 Å². The molecular formula is C16H24O2. The van der Waals surface area contributed by atoms with Crippen LogP contribution in [0.2, 0.25) is 0 Å². The van der Waals surface area contributed by atoms with Gasteiger partial charge in [-0.1, -0.05) is 19.4 Å². The Labute approximate surface area is 110 Å². The second-order valence-electron chi connectivity index (χ2n) is 6.76. The normalized spacial score (nSPS) is 47.5. The van der Waals surface area contributed by atoms with Gasteiger partial charge in [0.2, 0.25) is 0 Å². The maximum Gasteiger partial charge on any atom is 0.139 e. The molecule has 0 aromatic heterocycles. The predicted molar refractivity (Wildman–Crippen MR) is 71.2 cm³/mol. The molecule has 0 radical (unpaired) electrons. The standard InChI is InChI=1S/C16H24O2/c1-3-8-15(2)13-6-4-5-12-10-18-11-16(12,13)9-7-14(15)17/h3,12-13H,1,4-11H2,2H3/t12-,13+,15+,16-/m1/s1. The molecule has 0 aromatic rings. The van der Waals surface area contributed by atoms with E-state index in [0.717, 1.165) is 32.5 Å². The number of carbonyl (C=O) groups is 1. The molecule has 2 nitrogen and oxygen atoms in total. The molecule has 0 amide bonds. The third-order valence-electron chi connectivity index (χ3n) is 6.03. The molecule has 0 unspecified atom stereocenters. The van der Waals surface area contributed by atoms with Gasteiger partial charge in [-0.2, -0.15) is 0 Å². The molecule has 1 spiro atoms. The van der Waals surface area contributed by atoms with Crippen LogP contribution in [0.15, 0.2) is 12.7 Å². The first-order chi connectivity index (χ1) is 8.63. The van der Waals surface area contributed by atoms with Crippen LogP contribution in [0.4, 0.5) is 0 Å². The Morgan fingerprint density at radius 3 is 3.11 bits per heavy atom. The van der Waals surface area contributed by atoms with Gasteiger partial charge < -0.3 is 4.74 Å². The number of ketones is 1. The van der Waals surface area contributed by atoms with Gasteiger partial charge in [0.15, 0.2) is 0 Å². The van der Waals surface area contributed by atoms with E-state index in [2.05, 4.69) is 13.5 Å². The van der Waals surface area contributed by atoms with E-state index in [0.29, 0.717) is 23.0 Å². The summed E-state index contributed by atoms with van der Waals surface area (Å²) in [6.45, 7) is 7.87. The maximum absolute atomic E-state index is 12.5. The number of hydrogen-bond donors (Lipinski definition) is 0. The number of carbonyl (C=O) groups excluding carboxylic acids is 1. The molecule has 3 rings (SSSR count). The predicted octanol–water partition coefficient (Wildman–Crippen LogP) is 3.36. The lowest BCUT2D eigenvalue weighted by Crippen LogP contribution is -2.55. The Morgan fingerprint density at radius 2 is 2.33 bits per heavy atom. The average Bonchev–Trinajstić information content (AvgIpc) is 2.78. The molecule has 4 atom stereocenters. The highest BCUT2D eigenvalue weighted by Gasteiger charge is 2.60. The second kappa shape index (κ2) is 4.19. The van der Waals surface area contributed by atoms with Crippen LogP contribution in [-0.4, -0.2) is 19.0 Å². The number of rotatable bonds is 2. The summed E-state index contributed by atoms with van der Waals surface area (Å²) >= 11 is 0. The minimum absolute atomic E-state index is 0.174. The summed E-state index contributed by atoms with van der Waals surface area (Å²) in [6, 6.07) is 0. The van der Waals surface area contributed by atoms with Crippen LogP contribution in [0.3, 0.4) is 0 Å². The van der Waals surface area contributed by atoms with Gasteiger partial charge >= 0.3 is 0 Å². The third kappa shape index (κ3) is 1.48. The Morgan fingerprint density at radius 1 is 1.50 bits per heavy atom. The van der Waals surface area contributed by atoms with Crippen molar-refractivity contribution in [2.75, 3.05) is 13.2 Å². The Hall–Kier alpha value is -0.630. The molecule has 1 heterocycles. The lowest BCUT2D eigenvalue weighted by molar-refractivity contribution is -0.148. The van der Waals surface area contributed by atoms with Gasteiger partial charge in [0.05, 0.1) is 13.2 Å². The summed E-state index contributed by atoms with van der Waals surface area (Å²) in [5.41, 5.74) is 0.135. The average molecular weight is 248 g/mol. The molecule has 2 saturated carbocycles. The molecule has 100 valence electrons. The number of hydrogen-bond acceptors (Lipinski definition) is 2. The van der Waals surface area contributed by atoms with E-state index in [1.807, 2.05) is 6.08 Å². The van der Waals surface area contributed by atoms with Crippen LogP contribution in [0.25, 0.3) is 0 Å². The van der Waals surface area contributed by atoms with Gasteiger partial charge in [-0.25, -0.2) is 0 Å². The molecule has 3 fully saturated rings. The van der Waals surface area contributed by atoms with Crippen molar-refractivity contribution < 1.29 is 9.53 Å². The van der Waals surface area contributed by atoms with E-state index < -0.39 is 0 Å². The monoisotopic (exact) mass is 248 g/mol. The first-order valence-electron chi connectivity index (χ1n) is 7.35. The summed E-state index contributed by atoms with van der Waals surface area (Å²) in [5, 5.41) is 0. The smallest absolute Gasteiger partial charge is 0.139 e. The molecule has 0 N–H and O–H groups in total. The molecule has 1 saturated heterocycles. The Balaban J connectivity index is 2.00. The van der Waals surface area contributed by atoms with Crippen molar-refractivity contribution >= 4 is 5.78 Å². The zero-order valence-electron chi connectivity index (χ0n) is 11.4. The summed E-state index contributed by atoms with van der Waals surface area (Å²) in [4.78, 5) is 12.5.